The summed E-state index contributed by atoms with van der Waals surface area (Å²) in [5, 5.41) is 12.0. The van der Waals surface area contributed by atoms with Crippen molar-refractivity contribution in [3.8, 4) is 0 Å². The number of likely N-dealkylation sites (tertiary alicyclic amines) is 1. The van der Waals surface area contributed by atoms with Crippen LogP contribution in [0.5, 0.6) is 0 Å². The first-order valence-electron chi connectivity index (χ1n) is 8.59. The van der Waals surface area contributed by atoms with E-state index in [9.17, 15) is 9.90 Å². The van der Waals surface area contributed by atoms with E-state index < -0.39 is 11.0 Å². The SMILES string of the molecule is CC(C)C(CN)C(=O)N1CCC(O)(c2ccc(Cl)cc2)C(C)(C)C1. The Labute approximate surface area is 150 Å². The molecule has 0 aromatic heterocycles. The molecule has 0 spiro atoms. The Hall–Kier alpha value is -1.10. The van der Waals surface area contributed by atoms with Gasteiger partial charge in [-0.15, -0.1) is 0 Å². The van der Waals surface area contributed by atoms with Crippen molar-refractivity contribution in [2.75, 3.05) is 19.6 Å². The van der Waals surface area contributed by atoms with Crippen molar-refractivity contribution in [1.82, 2.24) is 4.90 Å². The number of hydrogen-bond acceptors (Lipinski definition) is 3. The molecular weight excluding hydrogens is 324 g/mol. The topological polar surface area (TPSA) is 66.6 Å². The van der Waals surface area contributed by atoms with E-state index in [0.29, 0.717) is 31.1 Å². The molecule has 0 radical (unpaired) electrons. The lowest BCUT2D eigenvalue weighted by Crippen LogP contribution is -2.58. The van der Waals surface area contributed by atoms with E-state index >= 15 is 0 Å². The standard InChI is InChI=1S/C19H29ClN2O2/c1-13(2)16(11-21)17(23)22-10-9-19(24,18(3,4)12-22)14-5-7-15(20)8-6-14/h5-8,13,16,24H,9-12,21H2,1-4H3. The zero-order valence-corrected chi connectivity index (χ0v) is 15.8. The number of hydrogen-bond donors (Lipinski definition) is 2. The number of nitrogens with zero attached hydrogens (tertiary/aromatic N) is 1. The average molecular weight is 353 g/mol. The molecule has 2 atom stereocenters. The highest BCUT2D eigenvalue weighted by atomic mass is 35.5. The minimum absolute atomic E-state index is 0.0960. The summed E-state index contributed by atoms with van der Waals surface area (Å²) in [4.78, 5) is 14.7. The molecule has 5 heteroatoms. The molecular formula is C19H29ClN2O2. The van der Waals surface area contributed by atoms with Crippen LogP contribution in [-0.4, -0.2) is 35.5 Å². The molecule has 134 valence electrons. The monoisotopic (exact) mass is 352 g/mol. The molecule has 1 aromatic rings. The van der Waals surface area contributed by atoms with Crippen molar-refractivity contribution in [1.29, 1.82) is 0 Å². The summed E-state index contributed by atoms with van der Waals surface area (Å²) in [6, 6.07) is 7.34. The van der Waals surface area contributed by atoms with Gasteiger partial charge in [0.1, 0.15) is 0 Å². The minimum Gasteiger partial charge on any atom is -0.384 e. The van der Waals surface area contributed by atoms with Gasteiger partial charge in [0, 0.05) is 30.1 Å². The Morgan fingerprint density at radius 2 is 1.92 bits per heavy atom. The smallest absolute Gasteiger partial charge is 0.227 e. The van der Waals surface area contributed by atoms with E-state index in [2.05, 4.69) is 0 Å². The zero-order valence-electron chi connectivity index (χ0n) is 15.1. The van der Waals surface area contributed by atoms with Gasteiger partial charge in [0.05, 0.1) is 11.5 Å². The van der Waals surface area contributed by atoms with Crippen LogP contribution in [0.2, 0.25) is 5.02 Å². The number of rotatable bonds is 4. The summed E-state index contributed by atoms with van der Waals surface area (Å²) in [6.45, 7) is 9.46. The number of carbonyl (C=O) groups excluding carboxylic acids is 1. The first kappa shape index (κ1) is 19.2. The van der Waals surface area contributed by atoms with Gasteiger partial charge >= 0.3 is 0 Å². The summed E-state index contributed by atoms with van der Waals surface area (Å²) >= 11 is 5.97. The summed E-state index contributed by atoms with van der Waals surface area (Å²) in [5.74, 6) is 0.143. The van der Waals surface area contributed by atoms with Gasteiger partial charge < -0.3 is 15.7 Å². The van der Waals surface area contributed by atoms with Crippen LogP contribution in [0.1, 0.15) is 39.7 Å². The maximum absolute atomic E-state index is 12.8. The van der Waals surface area contributed by atoms with E-state index in [1.807, 2.05) is 44.7 Å². The van der Waals surface area contributed by atoms with Crippen molar-refractivity contribution in [3.05, 3.63) is 34.9 Å². The summed E-state index contributed by atoms with van der Waals surface area (Å²) in [7, 11) is 0. The molecule has 1 fully saturated rings. The van der Waals surface area contributed by atoms with Crippen LogP contribution in [0.4, 0.5) is 0 Å². The third-order valence-electron chi connectivity index (χ3n) is 5.46. The average Bonchev–Trinajstić information content (AvgIpc) is 2.50. The van der Waals surface area contributed by atoms with Crippen LogP contribution in [0, 0.1) is 17.3 Å². The summed E-state index contributed by atoms with van der Waals surface area (Å²) in [6.07, 6.45) is 0.503. The normalized spacial score (nSPS) is 24.9. The second kappa shape index (κ2) is 7.03. The largest absolute Gasteiger partial charge is 0.384 e. The molecule has 0 bridgehead atoms. The van der Waals surface area contributed by atoms with E-state index in [-0.39, 0.29) is 17.7 Å². The third-order valence-corrected chi connectivity index (χ3v) is 5.71. The Bertz CT molecular complexity index is 586. The first-order chi connectivity index (χ1) is 11.1. The fourth-order valence-corrected chi connectivity index (χ4v) is 3.79. The van der Waals surface area contributed by atoms with Crippen LogP contribution < -0.4 is 5.73 Å². The van der Waals surface area contributed by atoms with Crippen LogP contribution >= 0.6 is 11.6 Å². The fourth-order valence-electron chi connectivity index (χ4n) is 3.66. The molecule has 1 aliphatic heterocycles. The van der Waals surface area contributed by atoms with Crippen molar-refractivity contribution >= 4 is 17.5 Å². The van der Waals surface area contributed by atoms with Crippen molar-refractivity contribution in [3.63, 3.8) is 0 Å². The van der Waals surface area contributed by atoms with Gasteiger partial charge in [-0.3, -0.25) is 4.79 Å². The Kier molecular flexibility index (Phi) is 5.63. The lowest BCUT2D eigenvalue weighted by atomic mass is 9.66. The van der Waals surface area contributed by atoms with Crippen LogP contribution in [-0.2, 0) is 10.4 Å². The minimum atomic E-state index is -0.982. The number of aliphatic hydroxyl groups is 1. The number of halogens is 1. The highest BCUT2D eigenvalue weighted by molar-refractivity contribution is 6.30. The Morgan fingerprint density at radius 1 is 1.33 bits per heavy atom. The number of benzene rings is 1. The predicted molar refractivity (Wildman–Crippen MR) is 97.7 cm³/mol. The molecule has 24 heavy (non-hydrogen) atoms. The lowest BCUT2D eigenvalue weighted by Gasteiger charge is -2.51. The molecule has 4 nitrogen and oxygen atoms in total. The Balaban J connectivity index is 2.23. The van der Waals surface area contributed by atoms with Gasteiger partial charge in [-0.05, 0) is 30.0 Å². The molecule has 0 aliphatic carbocycles. The molecule has 1 amide bonds. The predicted octanol–water partition coefficient (Wildman–Crippen LogP) is 3.02. The zero-order chi connectivity index (χ0) is 18.1. The maximum Gasteiger partial charge on any atom is 0.227 e. The lowest BCUT2D eigenvalue weighted by molar-refractivity contribution is -0.157. The number of amides is 1. The van der Waals surface area contributed by atoms with Gasteiger partial charge in [0.25, 0.3) is 0 Å². The Morgan fingerprint density at radius 3 is 2.38 bits per heavy atom. The molecule has 1 aromatic carbocycles. The van der Waals surface area contributed by atoms with Crippen molar-refractivity contribution in [2.45, 2.75) is 39.7 Å². The molecule has 3 N–H and O–H groups in total. The van der Waals surface area contributed by atoms with E-state index in [1.165, 1.54) is 0 Å². The second-order valence-corrected chi connectivity index (χ2v) is 8.28. The fraction of sp³-hybridized carbons (Fsp3) is 0.632. The van der Waals surface area contributed by atoms with Gasteiger partial charge in [0.2, 0.25) is 5.91 Å². The van der Waals surface area contributed by atoms with Gasteiger partial charge in [0.15, 0.2) is 0 Å². The van der Waals surface area contributed by atoms with E-state index in [1.54, 1.807) is 12.1 Å². The van der Waals surface area contributed by atoms with Gasteiger partial charge in [-0.25, -0.2) is 0 Å². The molecule has 1 aliphatic rings. The molecule has 1 saturated heterocycles. The quantitative estimate of drug-likeness (QED) is 0.875. The van der Waals surface area contributed by atoms with Crippen LogP contribution in [0.3, 0.4) is 0 Å². The van der Waals surface area contributed by atoms with Gasteiger partial charge in [-0.2, -0.15) is 0 Å². The molecule has 1 heterocycles. The summed E-state index contributed by atoms with van der Waals surface area (Å²) < 4.78 is 0. The third kappa shape index (κ3) is 3.46. The number of nitrogens with two attached hydrogens (primary N) is 1. The highest BCUT2D eigenvalue weighted by Gasteiger charge is 2.50. The maximum atomic E-state index is 12.8. The van der Waals surface area contributed by atoms with Crippen molar-refractivity contribution < 1.29 is 9.90 Å². The first-order valence-corrected chi connectivity index (χ1v) is 8.97. The van der Waals surface area contributed by atoms with Crippen LogP contribution in [0.15, 0.2) is 24.3 Å². The molecule has 2 unspecified atom stereocenters. The van der Waals surface area contributed by atoms with Crippen LogP contribution in [0.25, 0.3) is 0 Å². The van der Waals surface area contributed by atoms with Crippen molar-refractivity contribution in [2.24, 2.45) is 23.0 Å². The van der Waals surface area contributed by atoms with E-state index in [0.717, 1.165) is 5.56 Å². The second-order valence-electron chi connectivity index (χ2n) is 7.85. The summed E-state index contributed by atoms with van der Waals surface area (Å²) in [5.41, 5.74) is 5.20. The number of piperidine rings is 1. The molecule has 0 saturated carbocycles. The van der Waals surface area contributed by atoms with E-state index in [4.69, 9.17) is 17.3 Å². The molecule has 2 rings (SSSR count). The number of carbonyl (C=O) groups is 1. The van der Waals surface area contributed by atoms with Gasteiger partial charge in [-0.1, -0.05) is 51.4 Å². The highest BCUT2D eigenvalue weighted by Crippen LogP contribution is 2.46.